The van der Waals surface area contributed by atoms with Crippen LogP contribution in [0.3, 0.4) is 0 Å². The number of fused-ring (bicyclic) bond motifs is 1. The van der Waals surface area contributed by atoms with E-state index in [4.69, 9.17) is 5.73 Å². The van der Waals surface area contributed by atoms with Gasteiger partial charge in [-0.15, -0.1) is 0 Å². The van der Waals surface area contributed by atoms with Crippen LogP contribution in [0.25, 0.3) is 0 Å². The zero-order valence-electron chi connectivity index (χ0n) is 8.45. The maximum absolute atomic E-state index is 11.7. The Morgan fingerprint density at radius 2 is 2.14 bits per heavy atom. The molecule has 2 aliphatic heterocycles. The summed E-state index contributed by atoms with van der Waals surface area (Å²) in [6.07, 6.45) is 2.94. The van der Waals surface area contributed by atoms with Crippen molar-refractivity contribution < 1.29 is 9.59 Å². The van der Waals surface area contributed by atoms with Crippen LogP contribution in [0.15, 0.2) is 0 Å². The molecule has 2 saturated heterocycles. The topological polar surface area (TPSA) is 63.4 Å². The number of carbonyl (C=O) groups excluding carboxylic acids is 2. The first-order chi connectivity index (χ1) is 6.60. The van der Waals surface area contributed by atoms with Gasteiger partial charge in [-0.2, -0.15) is 0 Å². The molecule has 14 heavy (non-hydrogen) atoms. The van der Waals surface area contributed by atoms with Crippen molar-refractivity contribution in [2.75, 3.05) is 6.54 Å². The molecule has 3 aliphatic rings. The van der Waals surface area contributed by atoms with Crippen LogP contribution in [-0.2, 0) is 9.59 Å². The van der Waals surface area contributed by atoms with E-state index in [9.17, 15) is 9.59 Å². The molecule has 1 saturated carbocycles. The van der Waals surface area contributed by atoms with Gasteiger partial charge in [0.2, 0.25) is 11.8 Å². The molecule has 3 fully saturated rings. The molecule has 78 valence electrons. The molecule has 2 amide bonds. The summed E-state index contributed by atoms with van der Waals surface area (Å²) in [6.45, 7) is 2.71. The lowest BCUT2D eigenvalue weighted by Crippen LogP contribution is -2.57. The maximum Gasteiger partial charge on any atom is 0.243 e. The zero-order valence-corrected chi connectivity index (χ0v) is 8.45. The van der Waals surface area contributed by atoms with Crippen LogP contribution in [-0.4, -0.2) is 28.8 Å². The fraction of sp³-hybridized carbons (Fsp3) is 0.800. The maximum atomic E-state index is 11.7. The summed E-state index contributed by atoms with van der Waals surface area (Å²) < 4.78 is 0. The Labute approximate surface area is 83.4 Å². The van der Waals surface area contributed by atoms with Crippen molar-refractivity contribution in [1.29, 1.82) is 0 Å². The molecule has 0 aromatic rings. The Bertz CT molecular complexity index is 282. The van der Waals surface area contributed by atoms with Crippen molar-refractivity contribution in [3.8, 4) is 0 Å². The summed E-state index contributed by atoms with van der Waals surface area (Å²) in [5, 5.41) is 0. The van der Waals surface area contributed by atoms with Crippen molar-refractivity contribution in [1.82, 2.24) is 4.90 Å². The number of rotatable bonds is 3. The highest BCUT2D eigenvalue weighted by molar-refractivity contribution is 5.92. The predicted octanol–water partition coefficient (Wildman–Crippen LogP) is 0.263. The quantitative estimate of drug-likeness (QED) is 0.704. The van der Waals surface area contributed by atoms with Gasteiger partial charge >= 0.3 is 0 Å². The lowest BCUT2D eigenvalue weighted by Gasteiger charge is -2.38. The third-order valence-corrected chi connectivity index (χ3v) is 3.43. The minimum absolute atomic E-state index is 0.0892. The molecule has 2 heterocycles. The lowest BCUT2D eigenvalue weighted by atomic mass is 9.73. The average Bonchev–Trinajstić information content (AvgIpc) is 2.56. The smallest absolute Gasteiger partial charge is 0.243 e. The van der Waals surface area contributed by atoms with Gasteiger partial charge in [0.1, 0.15) is 5.54 Å². The molecular weight excluding hydrogens is 180 g/mol. The summed E-state index contributed by atoms with van der Waals surface area (Å²) in [5.74, 6) is 0.283. The molecule has 0 aromatic heterocycles. The first kappa shape index (κ1) is 9.49. The van der Waals surface area contributed by atoms with Gasteiger partial charge in [0.15, 0.2) is 0 Å². The standard InChI is InChI=1S/C10H16N2O2/c1-2-3-8(13)12-6-7-4-10(12,5-7)9(11)14/h7H,2-6H2,1H3,(H2,11,14). The van der Waals surface area contributed by atoms with Gasteiger partial charge in [-0.3, -0.25) is 9.59 Å². The van der Waals surface area contributed by atoms with E-state index in [-0.39, 0.29) is 11.8 Å². The Kier molecular flexibility index (Phi) is 2.01. The van der Waals surface area contributed by atoms with Gasteiger partial charge in [0.25, 0.3) is 0 Å². The van der Waals surface area contributed by atoms with Gasteiger partial charge in [-0.1, -0.05) is 6.92 Å². The highest BCUT2D eigenvalue weighted by atomic mass is 16.2. The molecule has 0 spiro atoms. The molecule has 0 unspecified atom stereocenters. The van der Waals surface area contributed by atoms with Crippen LogP contribution in [0.4, 0.5) is 0 Å². The summed E-state index contributed by atoms with van der Waals surface area (Å²) in [7, 11) is 0. The van der Waals surface area contributed by atoms with Gasteiger partial charge in [0, 0.05) is 13.0 Å². The fourth-order valence-electron chi connectivity index (χ4n) is 2.70. The van der Waals surface area contributed by atoms with E-state index >= 15 is 0 Å². The van der Waals surface area contributed by atoms with Crippen molar-refractivity contribution >= 4 is 11.8 Å². The second kappa shape index (κ2) is 2.97. The number of nitrogens with two attached hydrogens (primary N) is 1. The Morgan fingerprint density at radius 1 is 1.50 bits per heavy atom. The van der Waals surface area contributed by atoms with Crippen LogP contribution in [0.1, 0.15) is 32.6 Å². The molecule has 0 aromatic carbocycles. The van der Waals surface area contributed by atoms with E-state index in [0.29, 0.717) is 12.3 Å². The van der Waals surface area contributed by atoms with E-state index in [2.05, 4.69) is 0 Å². The summed E-state index contributed by atoms with van der Waals surface area (Å²) in [5.41, 5.74) is 4.76. The highest BCUT2D eigenvalue weighted by Gasteiger charge is 2.61. The first-order valence-electron chi connectivity index (χ1n) is 5.20. The number of nitrogens with zero attached hydrogens (tertiary/aromatic N) is 1. The predicted molar refractivity (Wildman–Crippen MR) is 51.3 cm³/mol. The molecular formula is C10H16N2O2. The largest absolute Gasteiger partial charge is 0.368 e. The molecule has 0 atom stereocenters. The normalized spacial score (nSPS) is 34.1. The number of primary amides is 1. The van der Waals surface area contributed by atoms with Crippen LogP contribution < -0.4 is 5.73 Å². The van der Waals surface area contributed by atoms with Crippen molar-refractivity contribution in [2.45, 2.75) is 38.1 Å². The van der Waals surface area contributed by atoms with Crippen LogP contribution in [0, 0.1) is 5.92 Å². The highest BCUT2D eigenvalue weighted by Crippen LogP contribution is 2.50. The van der Waals surface area contributed by atoms with E-state index in [1.54, 1.807) is 4.90 Å². The Hall–Kier alpha value is -1.06. The number of carbonyl (C=O) groups is 2. The fourth-order valence-corrected chi connectivity index (χ4v) is 2.70. The molecule has 3 rings (SSSR count). The SMILES string of the molecule is CCCC(=O)N1CC2CC1(C(N)=O)C2. The first-order valence-corrected chi connectivity index (χ1v) is 5.20. The van der Waals surface area contributed by atoms with E-state index in [1.165, 1.54) is 0 Å². The van der Waals surface area contributed by atoms with Crippen molar-refractivity contribution in [2.24, 2.45) is 11.7 Å². The average molecular weight is 196 g/mol. The second-order valence-electron chi connectivity index (χ2n) is 4.42. The molecule has 4 heteroatoms. The van der Waals surface area contributed by atoms with Crippen LogP contribution in [0.5, 0.6) is 0 Å². The number of hydrogen-bond acceptors (Lipinski definition) is 2. The number of amides is 2. The molecule has 0 radical (unpaired) electrons. The molecule has 4 nitrogen and oxygen atoms in total. The van der Waals surface area contributed by atoms with Gasteiger partial charge < -0.3 is 10.6 Å². The summed E-state index contributed by atoms with van der Waals surface area (Å²) in [6, 6.07) is 0. The molecule has 1 aliphatic carbocycles. The third kappa shape index (κ3) is 1.06. The van der Waals surface area contributed by atoms with Crippen molar-refractivity contribution in [3.63, 3.8) is 0 Å². The molecule has 2 bridgehead atoms. The second-order valence-corrected chi connectivity index (χ2v) is 4.42. The molecule has 2 N–H and O–H groups in total. The van der Waals surface area contributed by atoms with E-state index in [0.717, 1.165) is 25.8 Å². The monoisotopic (exact) mass is 196 g/mol. The summed E-state index contributed by atoms with van der Waals surface area (Å²) in [4.78, 5) is 24.7. The number of hydrogen-bond donors (Lipinski definition) is 1. The van der Waals surface area contributed by atoms with Gasteiger partial charge in [-0.25, -0.2) is 0 Å². The van der Waals surface area contributed by atoms with Crippen LogP contribution >= 0.6 is 0 Å². The zero-order chi connectivity index (χ0) is 10.3. The minimum atomic E-state index is -0.600. The van der Waals surface area contributed by atoms with Crippen molar-refractivity contribution in [3.05, 3.63) is 0 Å². The van der Waals surface area contributed by atoms with Gasteiger partial charge in [-0.05, 0) is 25.2 Å². The minimum Gasteiger partial charge on any atom is -0.368 e. The van der Waals surface area contributed by atoms with E-state index < -0.39 is 5.54 Å². The third-order valence-electron chi connectivity index (χ3n) is 3.43. The Morgan fingerprint density at radius 3 is 2.64 bits per heavy atom. The lowest BCUT2D eigenvalue weighted by molar-refractivity contribution is -0.144. The van der Waals surface area contributed by atoms with Gasteiger partial charge in [0.05, 0.1) is 0 Å². The van der Waals surface area contributed by atoms with Crippen LogP contribution in [0.2, 0.25) is 0 Å². The summed E-state index contributed by atoms with van der Waals surface area (Å²) >= 11 is 0. The Balaban J connectivity index is 2.13. The van der Waals surface area contributed by atoms with E-state index in [1.807, 2.05) is 6.92 Å².